The molecule has 0 saturated carbocycles. The molecule has 0 aliphatic heterocycles. The number of halogens is 1. The molecule has 2 N–H and O–H groups in total. The molecule has 0 fully saturated rings. The first-order chi connectivity index (χ1) is 13.7. The molecule has 2 heterocycles. The summed E-state index contributed by atoms with van der Waals surface area (Å²) in [5, 5.41) is 11.4. The van der Waals surface area contributed by atoms with E-state index in [1.165, 1.54) is 14.2 Å². The van der Waals surface area contributed by atoms with Crippen LogP contribution in [0.15, 0.2) is 4.47 Å². The number of aromatic nitrogens is 2. The van der Waals surface area contributed by atoms with Gasteiger partial charge in [-0.2, -0.15) is 5.10 Å². The molecule has 0 bridgehead atoms. The lowest BCUT2D eigenvalue weighted by atomic mass is 10.1. The molecule has 0 atom stereocenters. The molecule has 0 aliphatic rings. The fourth-order valence-corrected chi connectivity index (χ4v) is 4.38. The highest BCUT2D eigenvalue weighted by Crippen LogP contribution is 2.34. The molecular weight excluding hydrogens is 480 g/mol. The third-order valence-corrected chi connectivity index (χ3v) is 6.84. The first-order valence-electron chi connectivity index (χ1n) is 8.75. The van der Waals surface area contributed by atoms with Gasteiger partial charge in [0.15, 0.2) is 5.11 Å². The Morgan fingerprint density at radius 1 is 1.21 bits per heavy atom. The summed E-state index contributed by atoms with van der Waals surface area (Å²) >= 11 is 9.95. The van der Waals surface area contributed by atoms with Crippen molar-refractivity contribution in [3.63, 3.8) is 0 Å². The number of hydrogen-bond donors (Lipinski definition) is 2. The van der Waals surface area contributed by atoms with Crippen molar-refractivity contribution in [3.05, 3.63) is 31.9 Å². The topological polar surface area (TPSA) is 94.5 Å². The summed E-state index contributed by atoms with van der Waals surface area (Å²) in [6, 6.07) is 0. The number of carbonyl (C=O) groups excluding carboxylic acids is 2. The van der Waals surface area contributed by atoms with E-state index in [-0.39, 0.29) is 5.56 Å². The molecule has 8 nitrogen and oxygen atoms in total. The number of aryl methyl sites for hydroxylation is 2. The number of nitrogens with one attached hydrogen (secondary N) is 2. The van der Waals surface area contributed by atoms with Crippen molar-refractivity contribution in [1.82, 2.24) is 15.1 Å². The quantitative estimate of drug-likeness (QED) is 0.337. The number of methoxy groups -OCH3 is 2. The Bertz CT molecular complexity index is 939. The summed E-state index contributed by atoms with van der Waals surface area (Å²) in [6.07, 6.45) is 0.803. The average Bonchev–Trinajstić information content (AvgIpc) is 3.15. The molecule has 2 aromatic heterocycles. The van der Waals surface area contributed by atoms with Gasteiger partial charge in [-0.25, -0.2) is 9.59 Å². The number of hydrogen-bond acceptors (Lipinski definition) is 7. The molecule has 0 spiro atoms. The van der Waals surface area contributed by atoms with Crippen LogP contribution in [0.5, 0.6) is 0 Å². The lowest BCUT2D eigenvalue weighted by molar-refractivity contribution is 0.0601. The van der Waals surface area contributed by atoms with Crippen LogP contribution in [0.25, 0.3) is 0 Å². The Balaban J connectivity index is 2.00. The molecule has 0 aromatic carbocycles. The van der Waals surface area contributed by atoms with E-state index in [0.717, 1.165) is 40.2 Å². The second kappa shape index (κ2) is 10.2. The largest absolute Gasteiger partial charge is 0.465 e. The van der Waals surface area contributed by atoms with Crippen molar-refractivity contribution >= 4 is 61.5 Å². The third kappa shape index (κ3) is 5.34. The fraction of sp³-hybridized carbons (Fsp3) is 0.444. The van der Waals surface area contributed by atoms with Gasteiger partial charge in [-0.1, -0.05) is 0 Å². The van der Waals surface area contributed by atoms with Crippen molar-refractivity contribution in [2.45, 2.75) is 33.7 Å². The van der Waals surface area contributed by atoms with Crippen LogP contribution in [0, 0.1) is 20.8 Å². The van der Waals surface area contributed by atoms with E-state index in [2.05, 4.69) is 31.7 Å². The highest BCUT2D eigenvalue weighted by atomic mass is 79.9. The van der Waals surface area contributed by atoms with Crippen LogP contribution in [0.1, 0.15) is 43.4 Å². The minimum atomic E-state index is -0.547. The minimum absolute atomic E-state index is 0.273. The van der Waals surface area contributed by atoms with Gasteiger partial charge in [-0.05, 0) is 60.9 Å². The van der Waals surface area contributed by atoms with E-state index in [1.54, 1.807) is 6.92 Å². The van der Waals surface area contributed by atoms with Gasteiger partial charge in [0, 0.05) is 18.8 Å². The Labute approximate surface area is 187 Å². The number of anilines is 1. The molecular formula is C18H23BrN4O4S2. The predicted molar refractivity (Wildman–Crippen MR) is 120 cm³/mol. The van der Waals surface area contributed by atoms with Gasteiger partial charge in [0.05, 0.1) is 29.9 Å². The van der Waals surface area contributed by atoms with Crippen molar-refractivity contribution < 1.29 is 19.1 Å². The number of thiophene rings is 1. The van der Waals surface area contributed by atoms with Crippen LogP contribution in [0.4, 0.5) is 5.00 Å². The second-order valence-electron chi connectivity index (χ2n) is 6.19. The monoisotopic (exact) mass is 502 g/mol. The van der Waals surface area contributed by atoms with E-state index < -0.39 is 11.9 Å². The number of esters is 2. The molecule has 158 valence electrons. The molecule has 0 unspecified atom stereocenters. The summed E-state index contributed by atoms with van der Waals surface area (Å²) in [4.78, 5) is 24.4. The van der Waals surface area contributed by atoms with E-state index >= 15 is 0 Å². The number of nitrogens with zero attached hydrogens (tertiary/aromatic N) is 2. The smallest absolute Gasteiger partial charge is 0.348 e. The second-order valence-corrected chi connectivity index (χ2v) is 8.41. The number of carbonyl (C=O) groups is 2. The van der Waals surface area contributed by atoms with E-state index in [4.69, 9.17) is 21.7 Å². The Hall–Kier alpha value is -1.98. The summed E-state index contributed by atoms with van der Waals surface area (Å²) in [7, 11) is 2.58. The zero-order valence-corrected chi connectivity index (χ0v) is 20.1. The Kier molecular flexibility index (Phi) is 8.17. The van der Waals surface area contributed by atoms with Crippen molar-refractivity contribution in [1.29, 1.82) is 0 Å². The predicted octanol–water partition coefficient (Wildman–Crippen LogP) is 3.58. The molecule has 29 heavy (non-hydrogen) atoms. The highest BCUT2D eigenvalue weighted by molar-refractivity contribution is 9.10. The number of rotatable bonds is 7. The first-order valence-corrected chi connectivity index (χ1v) is 10.8. The molecule has 0 amide bonds. The lowest BCUT2D eigenvalue weighted by Crippen LogP contribution is -2.30. The summed E-state index contributed by atoms with van der Waals surface area (Å²) in [5.41, 5.74) is 2.80. The van der Waals surface area contributed by atoms with Gasteiger partial charge in [-0.15, -0.1) is 11.3 Å². The van der Waals surface area contributed by atoms with E-state index in [1.807, 2.05) is 18.5 Å². The summed E-state index contributed by atoms with van der Waals surface area (Å²) < 4.78 is 12.6. The van der Waals surface area contributed by atoms with Crippen LogP contribution in [0.3, 0.4) is 0 Å². The van der Waals surface area contributed by atoms with Gasteiger partial charge in [0.1, 0.15) is 9.88 Å². The summed E-state index contributed by atoms with van der Waals surface area (Å²) in [5.74, 6) is -1.06. The Morgan fingerprint density at radius 2 is 1.86 bits per heavy atom. The Morgan fingerprint density at radius 3 is 2.41 bits per heavy atom. The third-order valence-electron chi connectivity index (χ3n) is 4.26. The SMILES string of the molecule is COC(=O)c1sc(NC(=S)NCCCn2nc(C)c(Br)c2C)c(C(=O)OC)c1C. The molecule has 2 rings (SSSR count). The van der Waals surface area contributed by atoms with Gasteiger partial charge < -0.3 is 20.1 Å². The highest BCUT2D eigenvalue weighted by Gasteiger charge is 2.26. The maximum atomic E-state index is 12.2. The first kappa shape index (κ1) is 23.3. The maximum Gasteiger partial charge on any atom is 0.348 e. The molecule has 11 heteroatoms. The zero-order chi connectivity index (χ0) is 21.7. The van der Waals surface area contributed by atoms with Gasteiger partial charge >= 0.3 is 11.9 Å². The average molecular weight is 503 g/mol. The summed E-state index contributed by atoms with van der Waals surface area (Å²) in [6.45, 7) is 6.99. The van der Waals surface area contributed by atoms with E-state index in [0.29, 0.717) is 27.1 Å². The van der Waals surface area contributed by atoms with Crippen LogP contribution in [-0.4, -0.2) is 47.6 Å². The van der Waals surface area contributed by atoms with Gasteiger partial charge in [-0.3, -0.25) is 4.68 Å². The lowest BCUT2D eigenvalue weighted by Gasteiger charge is -2.11. The van der Waals surface area contributed by atoms with Crippen molar-refractivity contribution in [2.24, 2.45) is 0 Å². The standard InChI is InChI=1S/C18H23BrN4O4S2/c1-9-12(16(24)26-4)15(29-14(9)17(25)27-5)21-18(28)20-7-6-8-23-11(3)13(19)10(2)22-23/h6-8H2,1-5H3,(H2,20,21,28). The van der Waals surface area contributed by atoms with Gasteiger partial charge in [0.25, 0.3) is 0 Å². The normalized spacial score (nSPS) is 10.6. The van der Waals surface area contributed by atoms with Crippen LogP contribution >= 0.6 is 39.5 Å². The number of ether oxygens (including phenoxy) is 2. The van der Waals surface area contributed by atoms with Crippen molar-refractivity contribution in [2.75, 3.05) is 26.1 Å². The van der Waals surface area contributed by atoms with Crippen LogP contribution < -0.4 is 10.6 Å². The van der Waals surface area contributed by atoms with E-state index in [9.17, 15) is 9.59 Å². The number of thiocarbonyl (C=S) groups is 1. The van der Waals surface area contributed by atoms with Crippen LogP contribution in [0.2, 0.25) is 0 Å². The minimum Gasteiger partial charge on any atom is -0.465 e. The fourth-order valence-electron chi connectivity index (χ4n) is 2.71. The maximum absolute atomic E-state index is 12.2. The molecule has 0 radical (unpaired) electrons. The zero-order valence-electron chi connectivity index (χ0n) is 16.8. The molecule has 2 aromatic rings. The molecule has 0 saturated heterocycles. The molecule has 0 aliphatic carbocycles. The van der Waals surface area contributed by atoms with Crippen LogP contribution in [-0.2, 0) is 16.0 Å². The van der Waals surface area contributed by atoms with Gasteiger partial charge in [0.2, 0.25) is 0 Å². The van der Waals surface area contributed by atoms with Crippen molar-refractivity contribution in [3.8, 4) is 0 Å².